The third-order valence-electron chi connectivity index (χ3n) is 3.76. The van der Waals surface area contributed by atoms with Crippen LogP contribution >= 0.6 is 11.6 Å². The van der Waals surface area contributed by atoms with E-state index in [-0.39, 0.29) is 12.6 Å². The van der Waals surface area contributed by atoms with E-state index in [1.807, 2.05) is 0 Å². The van der Waals surface area contributed by atoms with Crippen LogP contribution in [0.15, 0.2) is 24.3 Å². The molecule has 0 spiro atoms. The molecule has 0 unspecified atom stereocenters. The summed E-state index contributed by atoms with van der Waals surface area (Å²) in [6, 6.07) is 6.07. The lowest BCUT2D eigenvalue weighted by molar-refractivity contribution is -0.156. The third kappa shape index (κ3) is 6.62. The Morgan fingerprint density at radius 1 is 1.28 bits per heavy atom. The molecule has 2 N–H and O–H groups in total. The normalized spacial score (nSPS) is 15.3. The van der Waals surface area contributed by atoms with Gasteiger partial charge in [-0.2, -0.15) is 0 Å². The molecule has 1 aliphatic carbocycles. The van der Waals surface area contributed by atoms with Crippen LogP contribution in [0.4, 0.5) is 4.79 Å². The second-order valence-corrected chi connectivity index (χ2v) is 6.26. The molecular weight excluding hydrogens is 348 g/mol. The van der Waals surface area contributed by atoms with E-state index in [9.17, 15) is 14.4 Å². The van der Waals surface area contributed by atoms with Crippen molar-refractivity contribution in [2.45, 2.75) is 44.8 Å². The monoisotopic (exact) mass is 368 g/mol. The Labute approximate surface area is 151 Å². The summed E-state index contributed by atoms with van der Waals surface area (Å²) in [4.78, 5) is 35.3. The Morgan fingerprint density at radius 2 is 2.00 bits per heavy atom. The molecule has 0 radical (unpaired) electrons. The van der Waals surface area contributed by atoms with Gasteiger partial charge in [0.1, 0.15) is 5.75 Å². The van der Waals surface area contributed by atoms with Crippen molar-refractivity contribution in [1.29, 1.82) is 0 Å². The van der Waals surface area contributed by atoms with Gasteiger partial charge in [-0.3, -0.25) is 10.1 Å². The molecule has 1 atom stereocenters. The molecule has 2 rings (SSSR count). The first-order valence-corrected chi connectivity index (χ1v) is 8.51. The standard InChI is InChI=1S/C17H21ClN2O5/c1-11(16(22)20-17(23)19-13-6-2-3-7-13)25-15(21)10-24-14-8-4-5-12(18)9-14/h4-5,8-9,11,13H,2-3,6-7,10H2,1H3,(H2,19,20,22,23)/t11-/m1/s1. The number of hydrogen-bond acceptors (Lipinski definition) is 5. The number of nitrogens with one attached hydrogen (secondary N) is 2. The number of carbonyl (C=O) groups is 3. The summed E-state index contributed by atoms with van der Waals surface area (Å²) in [7, 11) is 0. The number of imide groups is 1. The minimum Gasteiger partial charge on any atom is -0.482 e. The second-order valence-electron chi connectivity index (χ2n) is 5.82. The number of urea groups is 1. The van der Waals surface area contributed by atoms with Gasteiger partial charge in [0.2, 0.25) is 0 Å². The fourth-order valence-electron chi connectivity index (χ4n) is 2.49. The summed E-state index contributed by atoms with van der Waals surface area (Å²) < 4.78 is 10.2. The number of hydrogen-bond donors (Lipinski definition) is 2. The van der Waals surface area contributed by atoms with Gasteiger partial charge in [0.05, 0.1) is 0 Å². The van der Waals surface area contributed by atoms with Crippen LogP contribution in [0.1, 0.15) is 32.6 Å². The van der Waals surface area contributed by atoms with Crippen molar-refractivity contribution >= 4 is 29.5 Å². The summed E-state index contributed by atoms with van der Waals surface area (Å²) in [6.07, 6.45) is 2.85. The molecule has 1 saturated carbocycles. The Hall–Kier alpha value is -2.28. The van der Waals surface area contributed by atoms with Gasteiger partial charge in [0, 0.05) is 11.1 Å². The Kier molecular flexibility index (Phi) is 7.06. The van der Waals surface area contributed by atoms with Crippen molar-refractivity contribution in [3.63, 3.8) is 0 Å². The van der Waals surface area contributed by atoms with E-state index in [0.29, 0.717) is 10.8 Å². The smallest absolute Gasteiger partial charge is 0.344 e. The predicted octanol–water partition coefficient (Wildman–Crippen LogP) is 2.42. The SMILES string of the molecule is C[C@@H](OC(=O)COc1cccc(Cl)c1)C(=O)NC(=O)NC1CCCC1. The van der Waals surface area contributed by atoms with Crippen LogP contribution in [-0.4, -0.2) is 36.7 Å². The lowest BCUT2D eigenvalue weighted by Crippen LogP contribution is -2.47. The number of rotatable bonds is 6. The van der Waals surface area contributed by atoms with Crippen LogP contribution in [0.3, 0.4) is 0 Å². The fraction of sp³-hybridized carbons (Fsp3) is 0.471. The number of carbonyl (C=O) groups excluding carboxylic acids is 3. The lowest BCUT2D eigenvalue weighted by atomic mass is 10.2. The number of ether oxygens (including phenoxy) is 2. The predicted molar refractivity (Wildman–Crippen MR) is 91.4 cm³/mol. The number of benzene rings is 1. The maximum Gasteiger partial charge on any atom is 0.344 e. The van der Waals surface area contributed by atoms with Crippen molar-refractivity contribution in [3.05, 3.63) is 29.3 Å². The van der Waals surface area contributed by atoms with Gasteiger partial charge < -0.3 is 14.8 Å². The Bertz CT molecular complexity index is 631. The van der Waals surface area contributed by atoms with E-state index in [1.54, 1.807) is 24.3 Å². The molecule has 0 aliphatic heterocycles. The van der Waals surface area contributed by atoms with E-state index < -0.39 is 24.0 Å². The molecule has 25 heavy (non-hydrogen) atoms. The average Bonchev–Trinajstić information content (AvgIpc) is 3.05. The first kappa shape index (κ1) is 19.1. The molecule has 0 heterocycles. The van der Waals surface area contributed by atoms with Crippen LogP contribution in [0.25, 0.3) is 0 Å². The fourth-order valence-corrected chi connectivity index (χ4v) is 2.67. The van der Waals surface area contributed by atoms with Gasteiger partial charge in [-0.15, -0.1) is 0 Å². The van der Waals surface area contributed by atoms with Gasteiger partial charge in [-0.25, -0.2) is 9.59 Å². The number of esters is 1. The molecule has 1 aliphatic rings. The highest BCUT2D eigenvalue weighted by molar-refractivity contribution is 6.30. The summed E-state index contributed by atoms with van der Waals surface area (Å²) in [5.74, 6) is -0.997. The highest BCUT2D eigenvalue weighted by atomic mass is 35.5. The van der Waals surface area contributed by atoms with Crippen LogP contribution in [0.2, 0.25) is 5.02 Å². The van der Waals surface area contributed by atoms with E-state index in [4.69, 9.17) is 21.1 Å². The van der Waals surface area contributed by atoms with Crippen molar-refractivity contribution in [3.8, 4) is 5.75 Å². The van der Waals surface area contributed by atoms with E-state index >= 15 is 0 Å². The zero-order valence-corrected chi connectivity index (χ0v) is 14.7. The quantitative estimate of drug-likeness (QED) is 0.752. The lowest BCUT2D eigenvalue weighted by Gasteiger charge is -2.15. The largest absolute Gasteiger partial charge is 0.482 e. The Balaban J connectivity index is 1.70. The second kappa shape index (κ2) is 9.27. The summed E-state index contributed by atoms with van der Waals surface area (Å²) in [6.45, 7) is 1.02. The van der Waals surface area contributed by atoms with Crippen LogP contribution < -0.4 is 15.4 Å². The molecule has 1 aromatic carbocycles. The molecular formula is C17H21ClN2O5. The molecule has 136 valence electrons. The minimum atomic E-state index is -1.11. The maximum absolute atomic E-state index is 11.9. The summed E-state index contributed by atoms with van der Waals surface area (Å²) in [5.41, 5.74) is 0. The molecule has 0 saturated heterocycles. The molecule has 3 amide bonds. The zero-order valence-electron chi connectivity index (χ0n) is 13.9. The van der Waals surface area contributed by atoms with Crippen molar-refractivity contribution in [1.82, 2.24) is 10.6 Å². The first-order valence-electron chi connectivity index (χ1n) is 8.13. The molecule has 1 fully saturated rings. The van der Waals surface area contributed by atoms with Gasteiger partial charge >= 0.3 is 12.0 Å². The first-order chi connectivity index (χ1) is 11.9. The van der Waals surface area contributed by atoms with Gasteiger partial charge in [0.25, 0.3) is 5.91 Å². The summed E-state index contributed by atoms with van der Waals surface area (Å²) >= 11 is 5.81. The topological polar surface area (TPSA) is 93.7 Å². The average molecular weight is 369 g/mol. The highest BCUT2D eigenvalue weighted by Crippen LogP contribution is 2.18. The highest BCUT2D eigenvalue weighted by Gasteiger charge is 2.22. The van der Waals surface area contributed by atoms with Crippen LogP contribution in [-0.2, 0) is 14.3 Å². The van der Waals surface area contributed by atoms with Gasteiger partial charge in [-0.05, 0) is 38.0 Å². The van der Waals surface area contributed by atoms with Gasteiger partial charge in [-0.1, -0.05) is 30.5 Å². The zero-order chi connectivity index (χ0) is 18.2. The maximum atomic E-state index is 11.9. The Morgan fingerprint density at radius 3 is 2.68 bits per heavy atom. The summed E-state index contributed by atoms with van der Waals surface area (Å²) in [5, 5.41) is 5.37. The molecule has 0 aromatic heterocycles. The minimum absolute atomic E-state index is 0.0942. The molecule has 0 bridgehead atoms. The number of amides is 3. The van der Waals surface area contributed by atoms with E-state index in [1.165, 1.54) is 6.92 Å². The third-order valence-corrected chi connectivity index (χ3v) is 3.99. The molecule has 8 heteroatoms. The number of halogens is 1. The molecule has 1 aromatic rings. The van der Waals surface area contributed by atoms with Crippen LogP contribution in [0.5, 0.6) is 5.75 Å². The van der Waals surface area contributed by atoms with E-state index in [0.717, 1.165) is 25.7 Å². The molecule has 7 nitrogen and oxygen atoms in total. The van der Waals surface area contributed by atoms with Crippen molar-refractivity contribution in [2.75, 3.05) is 6.61 Å². The van der Waals surface area contributed by atoms with Gasteiger partial charge in [0.15, 0.2) is 12.7 Å². The van der Waals surface area contributed by atoms with Crippen LogP contribution in [0, 0.1) is 0 Å². The van der Waals surface area contributed by atoms with Crippen molar-refractivity contribution in [2.24, 2.45) is 0 Å². The van der Waals surface area contributed by atoms with E-state index in [2.05, 4.69) is 10.6 Å². The van der Waals surface area contributed by atoms with Crippen molar-refractivity contribution < 1.29 is 23.9 Å².